The van der Waals surface area contributed by atoms with Crippen LogP contribution in [0.4, 0.5) is 4.39 Å². The number of nitrogens with two attached hydrogens (primary N) is 1. The maximum atomic E-state index is 13.9. The van der Waals surface area contributed by atoms with E-state index in [9.17, 15) is 9.50 Å². The lowest BCUT2D eigenvalue weighted by atomic mass is 9.60. The van der Waals surface area contributed by atoms with Crippen molar-refractivity contribution < 1.29 is 9.50 Å². The molecule has 0 aromatic heterocycles. The van der Waals surface area contributed by atoms with Crippen molar-refractivity contribution in [3.63, 3.8) is 0 Å². The smallest absolute Gasteiger partial charge is 0.142 e. The van der Waals surface area contributed by atoms with E-state index in [1.165, 1.54) is 18.6 Å². The Morgan fingerprint density at radius 3 is 2.62 bits per heavy atom. The first-order valence-corrected chi connectivity index (χ1v) is 8.15. The van der Waals surface area contributed by atoms with Crippen LogP contribution in [0.15, 0.2) is 12.1 Å². The van der Waals surface area contributed by atoms with Gasteiger partial charge in [0.25, 0.3) is 0 Å². The Balaban J connectivity index is 2.09. The van der Waals surface area contributed by atoms with Crippen LogP contribution in [0.25, 0.3) is 0 Å². The third kappa shape index (κ3) is 2.13. The second kappa shape index (κ2) is 5.09. The normalized spacial score (nSPS) is 34.2. The van der Waals surface area contributed by atoms with Crippen LogP contribution in [-0.4, -0.2) is 11.7 Å². The van der Waals surface area contributed by atoms with E-state index in [0.717, 1.165) is 19.3 Å². The van der Waals surface area contributed by atoms with Crippen LogP contribution in [0.3, 0.4) is 0 Å². The Morgan fingerprint density at radius 2 is 2.10 bits per heavy atom. The number of benzene rings is 1. The van der Waals surface area contributed by atoms with Crippen molar-refractivity contribution in [3.05, 3.63) is 33.6 Å². The van der Waals surface area contributed by atoms with E-state index in [1.807, 2.05) is 0 Å². The molecule has 1 aromatic carbocycles. The van der Waals surface area contributed by atoms with E-state index in [0.29, 0.717) is 29.0 Å². The van der Waals surface area contributed by atoms with Crippen LogP contribution in [0, 0.1) is 23.1 Å². The highest BCUT2D eigenvalue weighted by molar-refractivity contribution is 6.35. The van der Waals surface area contributed by atoms with Gasteiger partial charge in [-0.05, 0) is 50.2 Å². The summed E-state index contributed by atoms with van der Waals surface area (Å²) in [4.78, 5) is 0. The highest BCUT2D eigenvalue weighted by Gasteiger charge is 2.59. The Kier molecular flexibility index (Phi) is 3.77. The molecule has 1 aromatic rings. The number of aliphatic hydroxyl groups is 1. The second-order valence-corrected chi connectivity index (χ2v) is 7.57. The van der Waals surface area contributed by atoms with Crippen molar-refractivity contribution in [2.75, 3.05) is 6.54 Å². The monoisotopic (exact) mass is 331 g/mol. The summed E-state index contributed by atoms with van der Waals surface area (Å²) in [6.45, 7) is 2.09. The molecule has 0 heterocycles. The summed E-state index contributed by atoms with van der Waals surface area (Å²) in [5, 5.41) is 11.5. The molecule has 2 nitrogen and oxygen atoms in total. The molecule has 2 aliphatic rings. The standard InChI is InChI=1S/C16H20Cl2FNO/c1-15(21,11-5-14(19)13(18)6-12(11)17)16(8-20)7-9-2-3-10(16)4-9/h5-6,9-10,21H,2-4,7-8,20H2,1H3. The zero-order valence-corrected chi connectivity index (χ0v) is 13.5. The molecule has 2 saturated carbocycles. The van der Waals surface area contributed by atoms with E-state index in [4.69, 9.17) is 28.9 Å². The van der Waals surface area contributed by atoms with Gasteiger partial charge in [0.05, 0.1) is 10.6 Å². The number of rotatable bonds is 3. The van der Waals surface area contributed by atoms with Crippen LogP contribution in [-0.2, 0) is 5.60 Å². The van der Waals surface area contributed by atoms with Gasteiger partial charge in [0, 0.05) is 22.5 Å². The molecular weight excluding hydrogens is 312 g/mol. The average Bonchev–Trinajstić information content (AvgIpc) is 3.03. The summed E-state index contributed by atoms with van der Waals surface area (Å²) < 4.78 is 13.9. The van der Waals surface area contributed by atoms with Gasteiger partial charge in [-0.1, -0.05) is 29.6 Å². The lowest BCUT2D eigenvalue weighted by Crippen LogP contribution is -2.52. The summed E-state index contributed by atoms with van der Waals surface area (Å²) in [5.74, 6) is 0.421. The third-order valence-electron chi connectivity index (χ3n) is 5.84. The molecular formula is C16H20Cl2FNO. The quantitative estimate of drug-likeness (QED) is 0.819. The fourth-order valence-corrected chi connectivity index (χ4v) is 5.22. The third-order valence-corrected chi connectivity index (χ3v) is 6.45. The van der Waals surface area contributed by atoms with Gasteiger partial charge in [0.1, 0.15) is 5.82 Å². The van der Waals surface area contributed by atoms with Crippen molar-refractivity contribution in [2.45, 2.75) is 38.2 Å². The van der Waals surface area contributed by atoms with Gasteiger partial charge in [-0.25, -0.2) is 4.39 Å². The molecule has 21 heavy (non-hydrogen) atoms. The minimum Gasteiger partial charge on any atom is -0.385 e. The number of hydrogen-bond acceptors (Lipinski definition) is 2. The summed E-state index contributed by atoms with van der Waals surface area (Å²) >= 11 is 12.0. The van der Waals surface area contributed by atoms with Gasteiger partial charge < -0.3 is 10.8 Å². The first-order chi connectivity index (χ1) is 9.81. The Labute approximate surface area is 134 Å². The largest absolute Gasteiger partial charge is 0.385 e. The highest BCUT2D eigenvalue weighted by atomic mass is 35.5. The van der Waals surface area contributed by atoms with Gasteiger partial charge in [0.2, 0.25) is 0 Å². The minimum atomic E-state index is -1.26. The Bertz CT molecular complexity index is 578. The zero-order valence-electron chi connectivity index (χ0n) is 12.0. The molecule has 0 amide bonds. The van der Waals surface area contributed by atoms with Crippen molar-refractivity contribution in [3.8, 4) is 0 Å². The highest BCUT2D eigenvalue weighted by Crippen LogP contribution is 2.63. The molecule has 3 rings (SSSR count). The van der Waals surface area contributed by atoms with Gasteiger partial charge in [-0.2, -0.15) is 0 Å². The van der Waals surface area contributed by atoms with Gasteiger partial charge in [-0.15, -0.1) is 0 Å². The average molecular weight is 332 g/mol. The van der Waals surface area contributed by atoms with E-state index >= 15 is 0 Å². The molecule has 4 atom stereocenters. The number of fused-ring (bicyclic) bond motifs is 2. The van der Waals surface area contributed by atoms with E-state index in [2.05, 4.69) is 0 Å². The molecule has 2 fully saturated rings. The van der Waals surface area contributed by atoms with Crippen molar-refractivity contribution in [1.82, 2.24) is 0 Å². The Morgan fingerprint density at radius 1 is 1.38 bits per heavy atom. The molecule has 0 aliphatic heterocycles. The first-order valence-electron chi connectivity index (χ1n) is 7.39. The SMILES string of the molecule is CC(O)(c1cc(F)c(Cl)cc1Cl)C1(CN)CC2CCC1C2. The number of halogens is 3. The summed E-state index contributed by atoms with van der Waals surface area (Å²) in [6.07, 6.45) is 4.25. The van der Waals surface area contributed by atoms with E-state index < -0.39 is 16.8 Å². The second-order valence-electron chi connectivity index (χ2n) is 6.76. The van der Waals surface area contributed by atoms with Crippen molar-refractivity contribution in [2.24, 2.45) is 23.0 Å². The van der Waals surface area contributed by atoms with Crippen molar-refractivity contribution in [1.29, 1.82) is 0 Å². The lowest BCUT2D eigenvalue weighted by molar-refractivity contribution is -0.103. The van der Waals surface area contributed by atoms with Crippen LogP contribution in [0.1, 0.15) is 38.2 Å². The minimum absolute atomic E-state index is 0.0331. The van der Waals surface area contributed by atoms with Gasteiger partial charge in [0.15, 0.2) is 0 Å². The van der Waals surface area contributed by atoms with E-state index in [-0.39, 0.29) is 5.02 Å². The molecule has 2 bridgehead atoms. The lowest BCUT2D eigenvalue weighted by Gasteiger charge is -2.48. The van der Waals surface area contributed by atoms with Gasteiger partial charge >= 0.3 is 0 Å². The van der Waals surface area contributed by atoms with Crippen LogP contribution in [0.5, 0.6) is 0 Å². The maximum Gasteiger partial charge on any atom is 0.142 e. The molecule has 0 spiro atoms. The summed E-state index contributed by atoms with van der Waals surface area (Å²) in [5.41, 5.74) is 4.78. The molecule has 3 N–H and O–H groups in total. The fourth-order valence-electron chi connectivity index (χ4n) is 4.65. The van der Waals surface area contributed by atoms with Crippen LogP contribution < -0.4 is 5.73 Å². The van der Waals surface area contributed by atoms with Gasteiger partial charge in [-0.3, -0.25) is 0 Å². The van der Waals surface area contributed by atoms with E-state index in [1.54, 1.807) is 6.92 Å². The molecule has 5 heteroatoms. The van der Waals surface area contributed by atoms with Crippen LogP contribution >= 0.6 is 23.2 Å². The fraction of sp³-hybridized carbons (Fsp3) is 0.625. The molecule has 2 aliphatic carbocycles. The first kappa shape index (κ1) is 15.5. The van der Waals surface area contributed by atoms with Crippen LogP contribution in [0.2, 0.25) is 10.0 Å². The topological polar surface area (TPSA) is 46.2 Å². The molecule has 4 unspecified atom stereocenters. The summed E-state index contributed by atoms with van der Waals surface area (Å²) in [6, 6.07) is 2.62. The predicted octanol–water partition coefficient (Wildman–Crippen LogP) is 4.11. The number of hydrogen-bond donors (Lipinski definition) is 2. The van der Waals surface area contributed by atoms with Crippen molar-refractivity contribution >= 4 is 23.2 Å². The molecule has 0 saturated heterocycles. The molecule has 0 radical (unpaired) electrons. The maximum absolute atomic E-state index is 13.9. The Hall–Kier alpha value is -0.350. The summed E-state index contributed by atoms with van der Waals surface area (Å²) in [7, 11) is 0. The zero-order chi connectivity index (χ0) is 15.4. The molecule has 116 valence electrons. The predicted molar refractivity (Wildman–Crippen MR) is 82.9 cm³/mol.